The van der Waals surface area contributed by atoms with Gasteiger partial charge in [-0.1, -0.05) is 36.0 Å². The van der Waals surface area contributed by atoms with Gasteiger partial charge in [0.1, 0.15) is 0 Å². The Balaban J connectivity index is 1.19. The molecule has 4 fully saturated rings. The maximum atomic E-state index is 12.6. The Labute approximate surface area is 175 Å². The lowest BCUT2D eigenvalue weighted by molar-refractivity contribution is -0.119. The third-order valence-corrected chi connectivity index (χ3v) is 7.93. The van der Waals surface area contributed by atoms with Crippen molar-refractivity contribution < 1.29 is 9.59 Å². The number of rotatable bonds is 4. The van der Waals surface area contributed by atoms with Crippen LogP contribution < -0.4 is 10.6 Å². The van der Waals surface area contributed by atoms with E-state index < -0.39 is 5.25 Å². The van der Waals surface area contributed by atoms with Crippen LogP contribution in [-0.4, -0.2) is 27.7 Å². The summed E-state index contributed by atoms with van der Waals surface area (Å²) in [6.45, 7) is 1.81. The zero-order valence-electron chi connectivity index (χ0n) is 16.7. The summed E-state index contributed by atoms with van der Waals surface area (Å²) in [5.74, 6) is 1.99. The van der Waals surface area contributed by atoms with Crippen molar-refractivity contribution in [2.75, 3.05) is 0 Å². The summed E-state index contributed by atoms with van der Waals surface area (Å²) in [6.07, 6.45) is 7.21. The molecule has 0 spiro atoms. The van der Waals surface area contributed by atoms with Gasteiger partial charge in [0.25, 0.3) is 0 Å². The van der Waals surface area contributed by atoms with E-state index in [0.717, 1.165) is 52.9 Å². The molecule has 6 rings (SSSR count). The molecule has 1 heterocycles. The Kier molecular flexibility index (Phi) is 4.77. The predicted octanol–water partition coefficient (Wildman–Crippen LogP) is 4.51. The minimum Gasteiger partial charge on any atom is -0.332 e. The van der Waals surface area contributed by atoms with E-state index in [9.17, 15) is 9.59 Å². The normalized spacial score (nSPS) is 30.9. The minimum absolute atomic E-state index is 0.0879. The molecule has 29 heavy (non-hydrogen) atoms. The number of nitrogens with zero attached hydrogens (tertiary/aromatic N) is 1. The summed E-state index contributed by atoms with van der Waals surface area (Å²) >= 11 is 1.38. The summed E-state index contributed by atoms with van der Waals surface area (Å²) in [5, 5.41) is 7.24. The number of nitrogens with one attached hydrogen (secondary N) is 2. The molecule has 0 radical (unpaired) electrons. The number of pyridine rings is 1. The van der Waals surface area contributed by atoms with Crippen LogP contribution in [0.25, 0.3) is 10.9 Å². The van der Waals surface area contributed by atoms with Crippen molar-refractivity contribution in [2.24, 2.45) is 17.8 Å². The highest BCUT2D eigenvalue weighted by Gasteiger charge is 2.51. The Bertz CT molecular complexity index is 925. The number of aromatic nitrogens is 1. The topological polar surface area (TPSA) is 71.1 Å². The first-order valence-corrected chi connectivity index (χ1v) is 11.5. The molecule has 2 N–H and O–H groups in total. The fraction of sp³-hybridized carbons (Fsp3) is 0.522. The lowest BCUT2D eigenvalue weighted by Crippen LogP contribution is -2.62. The highest BCUT2D eigenvalue weighted by molar-refractivity contribution is 8.00. The van der Waals surface area contributed by atoms with Gasteiger partial charge in [-0.05, 0) is 75.3 Å². The van der Waals surface area contributed by atoms with Gasteiger partial charge >= 0.3 is 6.03 Å². The maximum absolute atomic E-state index is 12.6. The van der Waals surface area contributed by atoms with E-state index in [-0.39, 0.29) is 17.5 Å². The van der Waals surface area contributed by atoms with Crippen molar-refractivity contribution in [1.82, 2.24) is 15.6 Å². The van der Waals surface area contributed by atoms with E-state index in [2.05, 4.69) is 15.6 Å². The Morgan fingerprint density at radius 2 is 1.69 bits per heavy atom. The van der Waals surface area contributed by atoms with Crippen molar-refractivity contribution in [3.05, 3.63) is 36.4 Å². The van der Waals surface area contributed by atoms with Crippen LogP contribution in [0, 0.1) is 17.8 Å². The second-order valence-electron chi connectivity index (χ2n) is 9.24. The number of urea groups is 1. The average Bonchev–Trinajstić information content (AvgIpc) is 2.66. The SMILES string of the molecule is CC(Sc1ccc2ccccc2n1)C(=O)NC(=O)NC12CC3CC(CC(C3)C1)C2. The van der Waals surface area contributed by atoms with Gasteiger partial charge in [0.15, 0.2) is 0 Å². The molecule has 152 valence electrons. The smallest absolute Gasteiger partial charge is 0.321 e. The standard InChI is InChI=1S/C23H27N3O2S/c1-14(29-20-7-6-18-4-2-3-5-19(18)24-20)21(27)25-22(28)26-23-11-15-8-16(12-23)10-17(9-15)13-23/h2-7,14-17H,8-13H2,1H3,(H2,25,26,27,28). The zero-order valence-corrected chi connectivity index (χ0v) is 17.5. The van der Waals surface area contributed by atoms with Crippen LogP contribution in [0.4, 0.5) is 4.79 Å². The van der Waals surface area contributed by atoms with Gasteiger partial charge in [-0.15, -0.1) is 0 Å². The van der Waals surface area contributed by atoms with Gasteiger partial charge in [0, 0.05) is 10.9 Å². The largest absolute Gasteiger partial charge is 0.332 e. The summed E-state index contributed by atoms with van der Waals surface area (Å²) in [5.41, 5.74) is 0.819. The number of para-hydroxylation sites is 1. The Morgan fingerprint density at radius 1 is 1.03 bits per heavy atom. The van der Waals surface area contributed by atoms with E-state index in [1.807, 2.05) is 43.3 Å². The third-order valence-electron chi connectivity index (χ3n) is 6.89. The molecule has 0 saturated heterocycles. The molecular weight excluding hydrogens is 382 g/mol. The maximum Gasteiger partial charge on any atom is 0.321 e. The van der Waals surface area contributed by atoms with Crippen molar-refractivity contribution in [2.45, 2.75) is 61.3 Å². The summed E-state index contributed by atoms with van der Waals surface area (Å²) < 4.78 is 0. The van der Waals surface area contributed by atoms with Gasteiger partial charge in [-0.3, -0.25) is 10.1 Å². The minimum atomic E-state index is -0.397. The number of imide groups is 1. The van der Waals surface area contributed by atoms with Crippen molar-refractivity contribution in [1.29, 1.82) is 0 Å². The zero-order chi connectivity index (χ0) is 20.0. The van der Waals surface area contributed by atoms with E-state index >= 15 is 0 Å². The predicted molar refractivity (Wildman–Crippen MR) is 115 cm³/mol. The number of carbonyl (C=O) groups excluding carboxylic acids is 2. The molecule has 2 aromatic rings. The van der Waals surface area contributed by atoms with Crippen LogP contribution in [-0.2, 0) is 4.79 Å². The van der Waals surface area contributed by atoms with Crippen LogP contribution in [0.1, 0.15) is 45.4 Å². The fourth-order valence-electron chi connectivity index (χ4n) is 6.10. The monoisotopic (exact) mass is 409 g/mol. The lowest BCUT2D eigenvalue weighted by Gasteiger charge is -2.56. The molecule has 1 atom stereocenters. The molecule has 3 amide bonds. The highest BCUT2D eigenvalue weighted by atomic mass is 32.2. The van der Waals surface area contributed by atoms with Gasteiger partial charge in [0.05, 0.1) is 15.8 Å². The lowest BCUT2D eigenvalue weighted by atomic mass is 9.53. The van der Waals surface area contributed by atoms with Gasteiger partial charge < -0.3 is 5.32 Å². The Hall–Kier alpha value is -2.08. The number of thioether (sulfide) groups is 1. The van der Waals surface area contributed by atoms with Crippen LogP contribution in [0.3, 0.4) is 0 Å². The van der Waals surface area contributed by atoms with Gasteiger partial charge in [-0.2, -0.15) is 0 Å². The average molecular weight is 410 g/mol. The number of benzene rings is 1. The molecule has 6 heteroatoms. The molecule has 4 aliphatic carbocycles. The fourth-order valence-corrected chi connectivity index (χ4v) is 6.92. The first kappa shape index (κ1) is 18.9. The van der Waals surface area contributed by atoms with Crippen molar-refractivity contribution in [3.63, 3.8) is 0 Å². The van der Waals surface area contributed by atoms with Crippen LogP contribution >= 0.6 is 11.8 Å². The highest BCUT2D eigenvalue weighted by Crippen LogP contribution is 2.55. The molecule has 5 nitrogen and oxygen atoms in total. The molecule has 4 bridgehead atoms. The Morgan fingerprint density at radius 3 is 2.38 bits per heavy atom. The molecular formula is C23H27N3O2S. The van der Waals surface area contributed by atoms with Crippen molar-refractivity contribution in [3.8, 4) is 0 Å². The van der Waals surface area contributed by atoms with E-state index in [1.54, 1.807) is 0 Å². The number of amides is 3. The van der Waals surface area contributed by atoms with E-state index in [1.165, 1.54) is 31.0 Å². The van der Waals surface area contributed by atoms with Gasteiger partial charge in [-0.25, -0.2) is 9.78 Å². The van der Waals surface area contributed by atoms with E-state index in [4.69, 9.17) is 0 Å². The number of hydrogen-bond donors (Lipinski definition) is 2. The molecule has 1 aromatic heterocycles. The molecule has 1 unspecified atom stereocenters. The van der Waals surface area contributed by atoms with Gasteiger partial charge in [0.2, 0.25) is 5.91 Å². The first-order chi connectivity index (χ1) is 14.0. The third kappa shape index (κ3) is 3.87. The molecule has 1 aromatic carbocycles. The van der Waals surface area contributed by atoms with Crippen LogP contribution in [0.2, 0.25) is 0 Å². The van der Waals surface area contributed by atoms with E-state index in [0.29, 0.717) is 0 Å². The van der Waals surface area contributed by atoms with Crippen LogP contribution in [0.15, 0.2) is 41.4 Å². The molecule has 4 saturated carbocycles. The van der Waals surface area contributed by atoms with Crippen LogP contribution in [0.5, 0.6) is 0 Å². The second-order valence-corrected chi connectivity index (χ2v) is 10.6. The number of fused-ring (bicyclic) bond motifs is 1. The summed E-state index contributed by atoms with van der Waals surface area (Å²) in [4.78, 5) is 29.8. The quantitative estimate of drug-likeness (QED) is 0.729. The second kappa shape index (κ2) is 7.31. The summed E-state index contributed by atoms with van der Waals surface area (Å²) in [6, 6.07) is 11.5. The number of carbonyl (C=O) groups is 2. The summed E-state index contributed by atoms with van der Waals surface area (Å²) in [7, 11) is 0. The van der Waals surface area contributed by atoms with Crippen molar-refractivity contribution >= 4 is 34.6 Å². The molecule has 0 aliphatic heterocycles. The number of hydrogen-bond acceptors (Lipinski definition) is 4. The first-order valence-electron chi connectivity index (χ1n) is 10.6. The molecule has 4 aliphatic rings.